The number of para-hydroxylation sites is 2. The van der Waals surface area contributed by atoms with Crippen LogP contribution >= 0.6 is 7.37 Å². The molecule has 32 heavy (non-hydrogen) atoms. The number of phenols is 1. The van der Waals surface area contributed by atoms with Crippen molar-refractivity contribution in [3.05, 3.63) is 103 Å². The Morgan fingerprint density at radius 1 is 0.781 bits per heavy atom. The summed E-state index contributed by atoms with van der Waals surface area (Å²) in [4.78, 5) is 1.95. The Hall–Kier alpha value is -3.69. The molecule has 6 heteroatoms. The first-order valence-electron chi connectivity index (χ1n) is 10.4. The van der Waals surface area contributed by atoms with Gasteiger partial charge in [-0.2, -0.15) is 0 Å². The molecule has 0 bridgehead atoms. The molecule has 2 heterocycles. The highest BCUT2D eigenvalue weighted by Crippen LogP contribution is 2.66. The van der Waals surface area contributed by atoms with Crippen molar-refractivity contribution in [1.82, 2.24) is 0 Å². The lowest BCUT2D eigenvalue weighted by Crippen LogP contribution is -2.40. The first-order valence-corrected chi connectivity index (χ1v) is 12.1. The number of anilines is 1. The molecule has 0 radical (unpaired) electrons. The van der Waals surface area contributed by atoms with Crippen LogP contribution in [0, 0.1) is 0 Å². The Kier molecular flexibility index (Phi) is 4.27. The van der Waals surface area contributed by atoms with Gasteiger partial charge in [0.15, 0.2) is 12.5 Å². The quantitative estimate of drug-likeness (QED) is 0.392. The van der Waals surface area contributed by atoms with Crippen molar-refractivity contribution in [3.8, 4) is 28.4 Å². The summed E-state index contributed by atoms with van der Waals surface area (Å²) in [7, 11) is -3.49. The van der Waals surface area contributed by atoms with Crippen LogP contribution < -0.4 is 19.5 Å². The maximum Gasteiger partial charge on any atom is 0.304 e. The highest BCUT2D eigenvalue weighted by molar-refractivity contribution is 7.68. The second-order valence-electron chi connectivity index (χ2n) is 7.87. The van der Waals surface area contributed by atoms with E-state index in [4.69, 9.17) is 9.26 Å². The van der Waals surface area contributed by atoms with Crippen LogP contribution in [0.1, 0.15) is 11.3 Å². The van der Waals surface area contributed by atoms with E-state index in [1.807, 2.05) is 77.7 Å². The average molecular weight is 441 g/mol. The van der Waals surface area contributed by atoms with Crippen LogP contribution in [-0.4, -0.2) is 11.8 Å². The minimum absolute atomic E-state index is 0.170. The van der Waals surface area contributed by atoms with Crippen molar-refractivity contribution < 1.29 is 18.9 Å². The molecule has 2 aliphatic rings. The molecule has 4 aromatic carbocycles. The molecule has 1 N–H and O–H groups in total. The second kappa shape index (κ2) is 7.18. The zero-order valence-electron chi connectivity index (χ0n) is 17.1. The molecular weight excluding hydrogens is 421 g/mol. The smallest absolute Gasteiger partial charge is 0.304 e. The van der Waals surface area contributed by atoms with Crippen molar-refractivity contribution in [2.45, 2.75) is 5.78 Å². The first-order chi connectivity index (χ1) is 15.6. The largest absolute Gasteiger partial charge is 0.508 e. The maximum absolute atomic E-state index is 15.0. The van der Waals surface area contributed by atoms with E-state index in [2.05, 4.69) is 0 Å². The highest BCUT2D eigenvalue weighted by Gasteiger charge is 2.49. The Balaban J connectivity index is 1.60. The van der Waals surface area contributed by atoms with E-state index in [0.29, 0.717) is 16.8 Å². The molecule has 4 aromatic rings. The lowest BCUT2D eigenvalue weighted by Gasteiger charge is -2.43. The number of hydrogen-bond acceptors (Lipinski definition) is 5. The molecule has 2 atom stereocenters. The van der Waals surface area contributed by atoms with Crippen LogP contribution in [-0.2, 0) is 4.57 Å². The monoisotopic (exact) mass is 441 g/mol. The van der Waals surface area contributed by atoms with Gasteiger partial charge in [-0.25, -0.2) is 0 Å². The van der Waals surface area contributed by atoms with Crippen LogP contribution in [0.4, 0.5) is 5.69 Å². The second-order valence-corrected chi connectivity index (χ2v) is 10.2. The van der Waals surface area contributed by atoms with Crippen molar-refractivity contribution in [3.63, 3.8) is 0 Å². The normalized spacial score (nSPS) is 20.9. The number of phenolic OH excluding ortho intramolecular Hbond substituents is 1. The fourth-order valence-electron chi connectivity index (χ4n) is 4.55. The topological polar surface area (TPSA) is 59.0 Å². The van der Waals surface area contributed by atoms with E-state index in [0.717, 1.165) is 22.4 Å². The summed E-state index contributed by atoms with van der Waals surface area (Å²) in [6.07, 6.45) is 0. The number of ether oxygens (including phenoxy) is 1. The van der Waals surface area contributed by atoms with Crippen LogP contribution in [0.5, 0.6) is 17.2 Å². The standard InChI is InChI=1S/C26H20NO4P/c28-19-15-13-18(14-16-19)27-17-30-23-10-4-2-9-22(23)26(27)32(29)25-12-6-3-8-21(25)20-7-1-5-11-24(20)31-32/h1-16,26,28H,17H2. The number of nitrogens with zero attached hydrogens (tertiary/aromatic N) is 1. The van der Waals surface area contributed by atoms with Crippen molar-refractivity contribution in [1.29, 1.82) is 0 Å². The van der Waals surface area contributed by atoms with Crippen LogP contribution in [0.3, 0.4) is 0 Å². The summed E-state index contributed by atoms with van der Waals surface area (Å²) in [6, 6.07) is 30.0. The van der Waals surface area contributed by atoms with Gasteiger partial charge < -0.3 is 19.3 Å². The number of benzene rings is 4. The SMILES string of the molecule is O=P1(C2c3ccccc3OCN2c2ccc(O)cc2)Oc2ccccc2-c2ccccc21. The van der Waals surface area contributed by atoms with E-state index >= 15 is 4.57 Å². The molecule has 0 aromatic heterocycles. The lowest BCUT2D eigenvalue weighted by molar-refractivity contribution is 0.281. The number of hydrogen-bond donors (Lipinski definition) is 1. The molecule has 5 nitrogen and oxygen atoms in total. The molecule has 158 valence electrons. The first kappa shape index (κ1) is 19.0. The van der Waals surface area contributed by atoms with E-state index in [1.165, 1.54) is 0 Å². The zero-order chi connectivity index (χ0) is 21.7. The summed E-state index contributed by atoms with van der Waals surface area (Å²) in [5, 5.41) is 10.5. The molecule has 0 saturated heterocycles. The number of fused-ring (bicyclic) bond motifs is 4. The molecule has 2 unspecified atom stereocenters. The van der Waals surface area contributed by atoms with Crippen molar-refractivity contribution in [2.24, 2.45) is 0 Å². The predicted octanol–water partition coefficient (Wildman–Crippen LogP) is 5.91. The van der Waals surface area contributed by atoms with Gasteiger partial charge in [0, 0.05) is 16.8 Å². The van der Waals surface area contributed by atoms with Gasteiger partial charge in [-0.05, 0) is 48.0 Å². The van der Waals surface area contributed by atoms with Crippen LogP contribution in [0.15, 0.2) is 97.1 Å². The van der Waals surface area contributed by atoms with Crippen molar-refractivity contribution in [2.75, 3.05) is 11.6 Å². The third-order valence-corrected chi connectivity index (χ3v) is 8.74. The number of aromatic hydroxyl groups is 1. The van der Waals surface area contributed by atoms with Gasteiger partial charge in [0.2, 0.25) is 0 Å². The van der Waals surface area contributed by atoms with E-state index in [-0.39, 0.29) is 12.5 Å². The minimum atomic E-state index is -3.49. The predicted molar refractivity (Wildman–Crippen MR) is 125 cm³/mol. The zero-order valence-corrected chi connectivity index (χ0v) is 18.0. The Labute approximate surface area is 185 Å². The Bertz CT molecular complexity index is 1370. The van der Waals surface area contributed by atoms with Gasteiger partial charge in [-0.3, -0.25) is 4.57 Å². The van der Waals surface area contributed by atoms with Crippen LogP contribution in [0.2, 0.25) is 0 Å². The third kappa shape index (κ3) is 2.82. The Morgan fingerprint density at radius 3 is 2.25 bits per heavy atom. The molecule has 2 aliphatic heterocycles. The van der Waals surface area contributed by atoms with Crippen LogP contribution in [0.25, 0.3) is 11.1 Å². The third-order valence-electron chi connectivity index (χ3n) is 6.01. The summed E-state index contributed by atoms with van der Waals surface area (Å²) in [6.45, 7) is 0.212. The van der Waals surface area contributed by atoms with E-state index < -0.39 is 13.2 Å². The van der Waals surface area contributed by atoms with Crippen molar-refractivity contribution >= 4 is 18.4 Å². The van der Waals surface area contributed by atoms with Gasteiger partial charge in [0.1, 0.15) is 17.2 Å². The van der Waals surface area contributed by atoms with Gasteiger partial charge in [0.05, 0.1) is 5.30 Å². The maximum atomic E-state index is 15.0. The summed E-state index contributed by atoms with van der Waals surface area (Å²) in [5.74, 6) is 0.891. The summed E-state index contributed by atoms with van der Waals surface area (Å²) >= 11 is 0. The average Bonchev–Trinajstić information content (AvgIpc) is 2.84. The fourth-order valence-corrected chi connectivity index (χ4v) is 7.43. The molecule has 0 aliphatic carbocycles. The molecule has 0 amide bonds. The molecular formula is C26H20NO4P. The lowest BCUT2D eigenvalue weighted by atomic mass is 10.0. The molecule has 0 saturated carbocycles. The van der Waals surface area contributed by atoms with E-state index in [1.54, 1.807) is 24.3 Å². The van der Waals surface area contributed by atoms with Gasteiger partial charge in [-0.15, -0.1) is 0 Å². The summed E-state index contributed by atoms with van der Waals surface area (Å²) in [5.41, 5.74) is 3.46. The molecule has 0 fully saturated rings. The molecule has 6 rings (SSSR count). The Morgan fingerprint density at radius 2 is 1.44 bits per heavy atom. The van der Waals surface area contributed by atoms with Gasteiger partial charge in [0.25, 0.3) is 0 Å². The van der Waals surface area contributed by atoms with E-state index in [9.17, 15) is 5.11 Å². The van der Waals surface area contributed by atoms with Gasteiger partial charge >= 0.3 is 7.37 Å². The number of rotatable bonds is 2. The summed E-state index contributed by atoms with van der Waals surface area (Å²) < 4.78 is 27.5. The highest BCUT2D eigenvalue weighted by atomic mass is 31.2. The fraction of sp³-hybridized carbons (Fsp3) is 0.0769. The van der Waals surface area contributed by atoms with Gasteiger partial charge in [-0.1, -0.05) is 54.6 Å². The minimum Gasteiger partial charge on any atom is -0.508 e. The molecule has 0 spiro atoms.